The Bertz CT molecular complexity index is 1560. The van der Waals surface area contributed by atoms with E-state index in [1.807, 2.05) is 24.3 Å². The summed E-state index contributed by atoms with van der Waals surface area (Å²) in [4.78, 5) is 42.8. The van der Waals surface area contributed by atoms with Gasteiger partial charge in [0, 0.05) is 40.5 Å². The van der Waals surface area contributed by atoms with Crippen LogP contribution >= 0.6 is 11.6 Å². The second kappa shape index (κ2) is 10.3. The molecule has 0 aliphatic carbocycles. The number of carbonyl (C=O) groups is 2. The van der Waals surface area contributed by atoms with Crippen LogP contribution in [0.4, 0.5) is 0 Å². The molecule has 0 radical (unpaired) electrons. The first-order chi connectivity index (χ1) is 17.9. The van der Waals surface area contributed by atoms with Gasteiger partial charge in [0.1, 0.15) is 17.4 Å². The van der Waals surface area contributed by atoms with Crippen LogP contribution in [0.1, 0.15) is 36.6 Å². The van der Waals surface area contributed by atoms with Gasteiger partial charge in [0.05, 0.1) is 18.7 Å². The highest BCUT2D eigenvalue weighted by atomic mass is 35.5. The molecule has 192 valence electrons. The number of nitrogens with one attached hydrogen (secondary N) is 1. The van der Waals surface area contributed by atoms with Crippen LogP contribution in [-0.2, 0) is 33.7 Å². The number of benzene rings is 2. The molecule has 37 heavy (non-hydrogen) atoms. The molecular formula is C28H27ClN2O6. The number of aryl methyl sites for hydroxylation is 1. The number of esters is 1. The molecule has 0 spiro atoms. The van der Waals surface area contributed by atoms with Crippen LogP contribution < -0.4 is 10.4 Å². The van der Waals surface area contributed by atoms with Gasteiger partial charge < -0.3 is 23.8 Å². The molecule has 1 amide bonds. The van der Waals surface area contributed by atoms with Gasteiger partial charge in [-0.05, 0) is 36.1 Å². The van der Waals surface area contributed by atoms with E-state index in [0.29, 0.717) is 17.0 Å². The summed E-state index contributed by atoms with van der Waals surface area (Å²) in [7, 11) is 1.31. The Morgan fingerprint density at radius 1 is 1.19 bits per heavy atom. The van der Waals surface area contributed by atoms with Crippen molar-refractivity contribution in [3.8, 4) is 5.75 Å². The third kappa shape index (κ3) is 4.81. The number of para-hydroxylation sites is 1. The molecular weight excluding hydrogens is 496 g/mol. The van der Waals surface area contributed by atoms with E-state index in [9.17, 15) is 14.4 Å². The number of ether oxygens (including phenoxy) is 2. The standard InChI is InChI=1S/C28H27ClN2O6/c1-3-4-7-16-10-27(33)37-24-13-25(20(29)11-18(16)24)36-15-26(32)31-14-22-19(12-23(31)28(34)35-2)17-8-5-6-9-21(17)30-22/h5-6,8-11,13,23,30H,3-4,7,12,14-15H2,1-2H3/t23-/m1/s1. The number of hydrogen-bond donors (Lipinski definition) is 1. The normalized spacial score (nSPS) is 15.1. The molecule has 4 aromatic rings. The molecule has 0 fully saturated rings. The zero-order chi connectivity index (χ0) is 26.1. The van der Waals surface area contributed by atoms with Crippen LogP contribution in [0.15, 0.2) is 51.7 Å². The van der Waals surface area contributed by atoms with Crippen molar-refractivity contribution in [1.82, 2.24) is 9.88 Å². The van der Waals surface area contributed by atoms with E-state index in [2.05, 4.69) is 11.9 Å². The van der Waals surface area contributed by atoms with Gasteiger partial charge in [0.2, 0.25) is 0 Å². The predicted molar refractivity (Wildman–Crippen MR) is 140 cm³/mol. The number of rotatable bonds is 7. The molecule has 0 saturated carbocycles. The first-order valence-corrected chi connectivity index (χ1v) is 12.6. The van der Waals surface area contributed by atoms with E-state index >= 15 is 0 Å². The second-order valence-corrected chi connectivity index (χ2v) is 9.56. The van der Waals surface area contributed by atoms with Gasteiger partial charge in [-0.1, -0.05) is 43.1 Å². The molecule has 3 heterocycles. The number of carbonyl (C=O) groups excluding carboxylic acids is 2. The topological polar surface area (TPSA) is 102 Å². The number of aromatic nitrogens is 1. The van der Waals surface area contributed by atoms with Crippen molar-refractivity contribution < 1.29 is 23.5 Å². The molecule has 9 heteroatoms. The number of methoxy groups -OCH3 is 1. The summed E-state index contributed by atoms with van der Waals surface area (Å²) in [5.41, 5.74) is 3.58. The summed E-state index contributed by atoms with van der Waals surface area (Å²) in [6, 6.07) is 11.8. The number of nitrogens with zero attached hydrogens (tertiary/aromatic N) is 1. The molecule has 0 bridgehead atoms. The lowest BCUT2D eigenvalue weighted by atomic mass is 9.96. The molecule has 2 aromatic heterocycles. The van der Waals surface area contributed by atoms with Crippen molar-refractivity contribution in [2.75, 3.05) is 13.7 Å². The van der Waals surface area contributed by atoms with Crippen LogP contribution in [0.2, 0.25) is 5.02 Å². The quantitative estimate of drug-likeness (QED) is 0.277. The summed E-state index contributed by atoms with van der Waals surface area (Å²) >= 11 is 6.48. The maximum absolute atomic E-state index is 13.3. The SMILES string of the molecule is CCCCc1cc(=O)oc2cc(OCC(=O)N3Cc4[nH]c5ccccc5c4C[C@@H]3C(=O)OC)c(Cl)cc12. The first kappa shape index (κ1) is 24.9. The van der Waals surface area contributed by atoms with Gasteiger partial charge in [-0.3, -0.25) is 4.79 Å². The molecule has 1 aliphatic rings. The Kier molecular flexibility index (Phi) is 6.93. The number of halogens is 1. The lowest BCUT2D eigenvalue weighted by Crippen LogP contribution is -2.50. The highest BCUT2D eigenvalue weighted by Crippen LogP contribution is 2.33. The Labute approximate surface area is 218 Å². The van der Waals surface area contributed by atoms with Crippen molar-refractivity contribution in [1.29, 1.82) is 0 Å². The zero-order valence-corrected chi connectivity index (χ0v) is 21.4. The molecule has 8 nitrogen and oxygen atoms in total. The summed E-state index contributed by atoms with van der Waals surface area (Å²) in [6.45, 7) is 1.94. The Morgan fingerprint density at radius 3 is 2.78 bits per heavy atom. The molecule has 1 N–H and O–H groups in total. The van der Waals surface area contributed by atoms with Crippen molar-refractivity contribution in [2.24, 2.45) is 0 Å². The number of unbranched alkanes of at least 4 members (excludes halogenated alkanes) is 1. The molecule has 2 aromatic carbocycles. The molecule has 5 rings (SSSR count). The maximum atomic E-state index is 13.3. The average Bonchev–Trinajstić information content (AvgIpc) is 3.27. The first-order valence-electron chi connectivity index (χ1n) is 12.2. The highest BCUT2D eigenvalue weighted by Gasteiger charge is 2.37. The number of aromatic amines is 1. The van der Waals surface area contributed by atoms with E-state index in [-0.39, 0.29) is 18.9 Å². The van der Waals surface area contributed by atoms with Gasteiger partial charge in [0.15, 0.2) is 6.61 Å². The highest BCUT2D eigenvalue weighted by molar-refractivity contribution is 6.32. The van der Waals surface area contributed by atoms with Gasteiger partial charge in [-0.2, -0.15) is 0 Å². The number of fused-ring (bicyclic) bond motifs is 4. The molecule has 0 unspecified atom stereocenters. The fraction of sp³-hybridized carbons (Fsp3) is 0.321. The average molecular weight is 523 g/mol. The van der Waals surface area contributed by atoms with Crippen molar-refractivity contribution in [3.63, 3.8) is 0 Å². The summed E-state index contributed by atoms with van der Waals surface area (Å²) < 4.78 is 16.2. The van der Waals surface area contributed by atoms with E-state index < -0.39 is 23.5 Å². The van der Waals surface area contributed by atoms with Crippen LogP contribution in [0.5, 0.6) is 5.75 Å². The summed E-state index contributed by atoms with van der Waals surface area (Å²) in [5.74, 6) is -0.667. The van der Waals surface area contributed by atoms with E-state index in [1.54, 1.807) is 6.07 Å². The van der Waals surface area contributed by atoms with Crippen LogP contribution in [-0.4, -0.2) is 41.5 Å². The van der Waals surface area contributed by atoms with Gasteiger partial charge >= 0.3 is 11.6 Å². The van der Waals surface area contributed by atoms with Crippen LogP contribution in [0.25, 0.3) is 21.9 Å². The third-order valence-corrected chi connectivity index (χ3v) is 7.13. The lowest BCUT2D eigenvalue weighted by Gasteiger charge is -2.33. The molecule has 1 atom stereocenters. The van der Waals surface area contributed by atoms with E-state index in [0.717, 1.165) is 52.4 Å². The van der Waals surface area contributed by atoms with Crippen LogP contribution in [0, 0.1) is 0 Å². The van der Waals surface area contributed by atoms with Gasteiger partial charge in [0.25, 0.3) is 5.91 Å². The maximum Gasteiger partial charge on any atom is 0.336 e. The monoisotopic (exact) mass is 522 g/mol. The van der Waals surface area contributed by atoms with Gasteiger partial charge in [-0.25, -0.2) is 9.59 Å². The number of H-pyrrole nitrogens is 1. The Balaban J connectivity index is 1.39. The van der Waals surface area contributed by atoms with Crippen molar-refractivity contribution in [2.45, 2.75) is 45.2 Å². The Hall–Kier alpha value is -3.78. The second-order valence-electron chi connectivity index (χ2n) is 9.15. The number of hydrogen-bond acceptors (Lipinski definition) is 6. The summed E-state index contributed by atoms with van der Waals surface area (Å²) in [5, 5.41) is 2.07. The van der Waals surface area contributed by atoms with Crippen molar-refractivity contribution >= 4 is 45.3 Å². The van der Waals surface area contributed by atoms with Crippen LogP contribution in [0.3, 0.4) is 0 Å². The Morgan fingerprint density at radius 2 is 2.00 bits per heavy atom. The molecule has 1 aliphatic heterocycles. The van der Waals surface area contributed by atoms with Gasteiger partial charge in [-0.15, -0.1) is 0 Å². The van der Waals surface area contributed by atoms with Crippen molar-refractivity contribution in [3.05, 3.63) is 74.7 Å². The molecule has 0 saturated heterocycles. The number of amides is 1. The fourth-order valence-electron chi connectivity index (χ4n) is 4.95. The van der Waals surface area contributed by atoms with E-state index in [1.165, 1.54) is 24.1 Å². The minimum Gasteiger partial charge on any atom is -0.482 e. The summed E-state index contributed by atoms with van der Waals surface area (Å²) in [6.07, 6.45) is 2.98. The predicted octanol–water partition coefficient (Wildman–Crippen LogP) is 4.78. The smallest absolute Gasteiger partial charge is 0.336 e. The minimum atomic E-state index is -0.779. The van der Waals surface area contributed by atoms with E-state index in [4.69, 9.17) is 25.5 Å². The largest absolute Gasteiger partial charge is 0.482 e. The zero-order valence-electron chi connectivity index (χ0n) is 20.6. The lowest BCUT2D eigenvalue weighted by molar-refractivity contribution is -0.154. The third-order valence-electron chi connectivity index (χ3n) is 6.83. The minimum absolute atomic E-state index is 0.215. The fourth-order valence-corrected chi connectivity index (χ4v) is 5.17.